The fourth-order valence-corrected chi connectivity index (χ4v) is 2.09. The van der Waals surface area contributed by atoms with Crippen molar-refractivity contribution < 1.29 is 14.7 Å². The number of hydrogen-bond acceptors (Lipinski definition) is 3. The van der Waals surface area contributed by atoms with Crippen molar-refractivity contribution in [1.82, 2.24) is 10.2 Å². The SMILES string of the molecule is CC(C)CN1CC(C(=O)NC(C)(C)C(C)O)CC1=O. The van der Waals surface area contributed by atoms with E-state index in [0.29, 0.717) is 19.0 Å². The standard InChI is InChI=1S/C14H26N2O3/c1-9(2)7-16-8-11(6-12(16)18)13(19)15-14(4,5)10(3)17/h9-11,17H,6-8H2,1-5H3,(H,15,19). The summed E-state index contributed by atoms with van der Waals surface area (Å²) in [7, 11) is 0. The quantitative estimate of drug-likeness (QED) is 0.775. The Morgan fingerprint density at radius 1 is 1.47 bits per heavy atom. The Labute approximate surface area is 115 Å². The van der Waals surface area contributed by atoms with Crippen molar-refractivity contribution in [3.8, 4) is 0 Å². The molecule has 2 N–H and O–H groups in total. The average molecular weight is 270 g/mol. The molecule has 1 heterocycles. The first-order chi connectivity index (χ1) is 8.63. The van der Waals surface area contributed by atoms with Crippen LogP contribution in [-0.4, -0.2) is 46.6 Å². The molecular formula is C14H26N2O3. The zero-order valence-corrected chi connectivity index (χ0v) is 12.6. The summed E-state index contributed by atoms with van der Waals surface area (Å²) in [6, 6.07) is 0. The maximum Gasteiger partial charge on any atom is 0.225 e. The molecule has 0 aromatic rings. The van der Waals surface area contributed by atoms with Gasteiger partial charge < -0.3 is 15.3 Å². The summed E-state index contributed by atoms with van der Waals surface area (Å²) in [4.78, 5) is 25.7. The minimum Gasteiger partial charge on any atom is -0.391 e. The van der Waals surface area contributed by atoms with Crippen molar-refractivity contribution in [3.05, 3.63) is 0 Å². The first kappa shape index (κ1) is 16.0. The summed E-state index contributed by atoms with van der Waals surface area (Å²) in [6.45, 7) is 10.5. The number of carbonyl (C=O) groups excluding carboxylic acids is 2. The molecule has 2 amide bonds. The van der Waals surface area contributed by atoms with Crippen molar-refractivity contribution in [2.75, 3.05) is 13.1 Å². The number of carbonyl (C=O) groups is 2. The predicted molar refractivity (Wildman–Crippen MR) is 73.4 cm³/mol. The van der Waals surface area contributed by atoms with Gasteiger partial charge in [-0.05, 0) is 26.7 Å². The summed E-state index contributed by atoms with van der Waals surface area (Å²) < 4.78 is 0. The van der Waals surface area contributed by atoms with E-state index in [1.807, 2.05) is 0 Å². The number of nitrogens with one attached hydrogen (secondary N) is 1. The van der Waals surface area contributed by atoms with E-state index in [1.54, 1.807) is 25.7 Å². The van der Waals surface area contributed by atoms with Crippen molar-refractivity contribution in [2.24, 2.45) is 11.8 Å². The van der Waals surface area contributed by atoms with Crippen LogP contribution in [0.5, 0.6) is 0 Å². The number of rotatable bonds is 5. The van der Waals surface area contributed by atoms with Gasteiger partial charge in [0.15, 0.2) is 0 Å². The highest BCUT2D eigenvalue weighted by atomic mass is 16.3. The lowest BCUT2D eigenvalue weighted by Crippen LogP contribution is -2.53. The van der Waals surface area contributed by atoms with Crippen molar-refractivity contribution in [2.45, 2.75) is 52.7 Å². The molecule has 0 saturated carbocycles. The third-order valence-electron chi connectivity index (χ3n) is 3.66. The highest BCUT2D eigenvalue weighted by Gasteiger charge is 2.37. The minimum absolute atomic E-state index is 0.0451. The molecule has 0 radical (unpaired) electrons. The van der Waals surface area contributed by atoms with Gasteiger partial charge in [0, 0.05) is 19.5 Å². The van der Waals surface area contributed by atoms with Crippen LogP contribution in [0.25, 0.3) is 0 Å². The monoisotopic (exact) mass is 270 g/mol. The Morgan fingerprint density at radius 3 is 2.53 bits per heavy atom. The first-order valence-corrected chi connectivity index (χ1v) is 6.91. The Bertz CT molecular complexity index is 351. The number of likely N-dealkylation sites (tertiary alicyclic amines) is 1. The molecule has 110 valence electrons. The van der Waals surface area contributed by atoms with E-state index in [-0.39, 0.29) is 24.2 Å². The van der Waals surface area contributed by atoms with Crippen LogP contribution < -0.4 is 5.32 Å². The van der Waals surface area contributed by atoms with Crippen molar-refractivity contribution in [3.63, 3.8) is 0 Å². The fraction of sp³-hybridized carbons (Fsp3) is 0.857. The molecule has 2 unspecified atom stereocenters. The second-order valence-electron chi connectivity index (χ2n) is 6.48. The van der Waals surface area contributed by atoms with E-state index < -0.39 is 11.6 Å². The van der Waals surface area contributed by atoms with Crippen LogP contribution in [0.15, 0.2) is 0 Å². The maximum absolute atomic E-state index is 12.1. The molecular weight excluding hydrogens is 244 g/mol. The van der Waals surface area contributed by atoms with Crippen molar-refractivity contribution >= 4 is 11.8 Å². The van der Waals surface area contributed by atoms with E-state index in [2.05, 4.69) is 19.2 Å². The third kappa shape index (κ3) is 4.20. The van der Waals surface area contributed by atoms with Crippen LogP contribution >= 0.6 is 0 Å². The number of nitrogens with zero attached hydrogens (tertiary/aromatic N) is 1. The molecule has 1 fully saturated rings. The van der Waals surface area contributed by atoms with Gasteiger partial charge >= 0.3 is 0 Å². The normalized spacial score (nSPS) is 21.9. The molecule has 0 aliphatic carbocycles. The molecule has 0 spiro atoms. The number of aliphatic hydroxyl groups is 1. The van der Waals surface area contributed by atoms with Gasteiger partial charge in [0.1, 0.15) is 0 Å². The van der Waals surface area contributed by atoms with E-state index >= 15 is 0 Å². The van der Waals surface area contributed by atoms with Crippen LogP contribution in [-0.2, 0) is 9.59 Å². The molecule has 5 nitrogen and oxygen atoms in total. The van der Waals surface area contributed by atoms with Gasteiger partial charge in [-0.1, -0.05) is 13.8 Å². The zero-order valence-electron chi connectivity index (χ0n) is 12.6. The number of hydrogen-bond donors (Lipinski definition) is 2. The van der Waals surface area contributed by atoms with Gasteiger partial charge in [-0.3, -0.25) is 9.59 Å². The molecule has 1 aliphatic rings. The highest BCUT2D eigenvalue weighted by Crippen LogP contribution is 2.20. The molecule has 19 heavy (non-hydrogen) atoms. The summed E-state index contributed by atoms with van der Waals surface area (Å²) in [6.07, 6.45) is -0.366. The second-order valence-corrected chi connectivity index (χ2v) is 6.48. The fourth-order valence-electron chi connectivity index (χ4n) is 2.09. The van der Waals surface area contributed by atoms with Crippen molar-refractivity contribution in [1.29, 1.82) is 0 Å². The Morgan fingerprint density at radius 2 is 2.05 bits per heavy atom. The molecule has 0 aromatic heterocycles. The topological polar surface area (TPSA) is 69.6 Å². The van der Waals surface area contributed by atoms with Crippen LogP contribution in [0.3, 0.4) is 0 Å². The second kappa shape index (κ2) is 5.90. The van der Waals surface area contributed by atoms with E-state index in [9.17, 15) is 14.7 Å². The highest BCUT2D eigenvalue weighted by molar-refractivity contribution is 5.89. The largest absolute Gasteiger partial charge is 0.391 e. The molecule has 0 bridgehead atoms. The predicted octanol–water partition coefficient (Wildman–Crippen LogP) is 0.766. The molecule has 1 aliphatic heterocycles. The maximum atomic E-state index is 12.1. The number of aliphatic hydroxyl groups excluding tert-OH is 1. The van der Waals surface area contributed by atoms with Crippen LogP contribution in [0.2, 0.25) is 0 Å². The summed E-state index contributed by atoms with van der Waals surface area (Å²) in [5.41, 5.74) is -0.675. The molecule has 5 heteroatoms. The van der Waals surface area contributed by atoms with Gasteiger partial charge in [-0.2, -0.15) is 0 Å². The van der Waals surface area contributed by atoms with E-state index in [4.69, 9.17) is 0 Å². The van der Waals surface area contributed by atoms with Gasteiger partial charge in [-0.25, -0.2) is 0 Å². The van der Waals surface area contributed by atoms with Crippen LogP contribution in [0, 0.1) is 11.8 Å². The Balaban J connectivity index is 2.59. The molecule has 2 atom stereocenters. The first-order valence-electron chi connectivity index (χ1n) is 6.91. The van der Waals surface area contributed by atoms with Crippen LogP contribution in [0.4, 0.5) is 0 Å². The van der Waals surface area contributed by atoms with E-state index in [1.165, 1.54) is 0 Å². The molecule has 0 aromatic carbocycles. The Kier molecular flexibility index (Phi) is 4.96. The van der Waals surface area contributed by atoms with Gasteiger partial charge in [0.25, 0.3) is 0 Å². The average Bonchev–Trinajstić information content (AvgIpc) is 2.58. The van der Waals surface area contributed by atoms with Gasteiger partial charge in [0.05, 0.1) is 17.6 Å². The summed E-state index contributed by atoms with van der Waals surface area (Å²) in [5.74, 6) is -0.00171. The number of amides is 2. The van der Waals surface area contributed by atoms with Crippen LogP contribution in [0.1, 0.15) is 41.0 Å². The lowest BCUT2D eigenvalue weighted by Gasteiger charge is -2.30. The minimum atomic E-state index is -0.675. The lowest BCUT2D eigenvalue weighted by molar-refractivity contribution is -0.130. The van der Waals surface area contributed by atoms with Gasteiger partial charge in [-0.15, -0.1) is 0 Å². The Hall–Kier alpha value is -1.10. The lowest BCUT2D eigenvalue weighted by atomic mass is 9.97. The van der Waals surface area contributed by atoms with Gasteiger partial charge in [0.2, 0.25) is 11.8 Å². The smallest absolute Gasteiger partial charge is 0.225 e. The zero-order chi connectivity index (χ0) is 14.8. The molecule has 1 saturated heterocycles. The summed E-state index contributed by atoms with van der Waals surface area (Å²) in [5, 5.41) is 12.4. The third-order valence-corrected chi connectivity index (χ3v) is 3.66. The molecule has 1 rings (SSSR count). The van der Waals surface area contributed by atoms with E-state index in [0.717, 1.165) is 0 Å². The summed E-state index contributed by atoms with van der Waals surface area (Å²) >= 11 is 0.